The first-order valence-corrected chi connectivity index (χ1v) is 13.0. The second-order valence-corrected chi connectivity index (χ2v) is 11.8. The Balaban J connectivity index is 1.53. The molecule has 0 bridgehead atoms. The lowest BCUT2D eigenvalue weighted by Gasteiger charge is -2.56. The topological polar surface area (TPSA) is 40.5 Å². The molecular formula is C31H46O2. The highest BCUT2D eigenvalue weighted by molar-refractivity contribution is 5.39. The number of phenols is 2. The molecule has 0 aliphatic heterocycles. The van der Waals surface area contributed by atoms with Gasteiger partial charge >= 0.3 is 0 Å². The summed E-state index contributed by atoms with van der Waals surface area (Å²) in [5, 5.41) is 19.6. The summed E-state index contributed by atoms with van der Waals surface area (Å²) in [6.45, 7) is 14.4. The zero-order chi connectivity index (χ0) is 24.2. The fourth-order valence-electron chi connectivity index (χ4n) is 6.78. The number of allylic oxidation sites excluding steroid dienone is 6. The summed E-state index contributed by atoms with van der Waals surface area (Å²) >= 11 is 0. The van der Waals surface area contributed by atoms with Crippen molar-refractivity contribution in [1.29, 1.82) is 0 Å². The van der Waals surface area contributed by atoms with Crippen molar-refractivity contribution < 1.29 is 10.2 Å². The standard InChI is InChI=1S/C31H46O2/c1-22(11-14-25-21-26(32)15-17-28(25)33)9-7-10-23(2)12-16-27-24(3)13-18-29-30(4,5)19-8-20-31(27,29)6/h11-13,15,17,21,27,29,32-33H,7-10,14,16,18-20H2,1-6H3. The molecule has 33 heavy (non-hydrogen) atoms. The first-order chi connectivity index (χ1) is 15.5. The molecule has 3 atom stereocenters. The average molecular weight is 451 g/mol. The van der Waals surface area contributed by atoms with Gasteiger partial charge in [0, 0.05) is 5.56 Å². The van der Waals surface area contributed by atoms with E-state index in [4.69, 9.17) is 0 Å². The van der Waals surface area contributed by atoms with E-state index in [0.29, 0.717) is 23.2 Å². The predicted molar refractivity (Wildman–Crippen MR) is 141 cm³/mol. The Labute approximate surface area is 202 Å². The molecule has 0 radical (unpaired) electrons. The SMILES string of the molecule is CC(=CCc1cc(O)ccc1O)CCCC(C)=CCC1C(C)=CCC2C(C)(C)CCCC12C. The quantitative estimate of drug-likeness (QED) is 0.306. The molecule has 0 amide bonds. The van der Waals surface area contributed by atoms with Gasteiger partial charge in [0.1, 0.15) is 11.5 Å². The van der Waals surface area contributed by atoms with Crippen LogP contribution in [0.5, 0.6) is 11.5 Å². The van der Waals surface area contributed by atoms with Crippen molar-refractivity contribution in [2.24, 2.45) is 22.7 Å². The van der Waals surface area contributed by atoms with E-state index in [0.717, 1.165) is 30.7 Å². The molecule has 2 aliphatic carbocycles. The van der Waals surface area contributed by atoms with E-state index >= 15 is 0 Å². The van der Waals surface area contributed by atoms with Crippen LogP contribution in [0.3, 0.4) is 0 Å². The molecule has 1 aromatic rings. The van der Waals surface area contributed by atoms with Gasteiger partial charge in [-0.1, -0.05) is 62.1 Å². The Morgan fingerprint density at radius 1 is 1.03 bits per heavy atom. The van der Waals surface area contributed by atoms with Crippen molar-refractivity contribution in [1.82, 2.24) is 0 Å². The van der Waals surface area contributed by atoms with Crippen LogP contribution in [-0.2, 0) is 6.42 Å². The maximum Gasteiger partial charge on any atom is 0.119 e. The average Bonchev–Trinajstić information content (AvgIpc) is 2.73. The normalized spacial score (nSPS) is 27.8. The summed E-state index contributed by atoms with van der Waals surface area (Å²) in [7, 11) is 0. The molecule has 2 nitrogen and oxygen atoms in total. The second-order valence-electron chi connectivity index (χ2n) is 11.8. The molecule has 182 valence electrons. The first kappa shape index (κ1) is 25.7. The summed E-state index contributed by atoms with van der Waals surface area (Å²) in [6.07, 6.45) is 17.9. The van der Waals surface area contributed by atoms with Gasteiger partial charge in [-0.15, -0.1) is 0 Å². The summed E-state index contributed by atoms with van der Waals surface area (Å²) < 4.78 is 0. The van der Waals surface area contributed by atoms with Crippen LogP contribution in [0.1, 0.15) is 98.5 Å². The van der Waals surface area contributed by atoms with Gasteiger partial charge in [-0.05, 0) is 113 Å². The lowest BCUT2D eigenvalue weighted by atomic mass is 9.48. The molecule has 0 spiro atoms. The van der Waals surface area contributed by atoms with E-state index in [9.17, 15) is 10.2 Å². The third kappa shape index (κ3) is 6.14. The van der Waals surface area contributed by atoms with Crippen LogP contribution >= 0.6 is 0 Å². The van der Waals surface area contributed by atoms with Gasteiger partial charge in [0.15, 0.2) is 0 Å². The van der Waals surface area contributed by atoms with Gasteiger partial charge in [-0.25, -0.2) is 0 Å². The molecular weight excluding hydrogens is 404 g/mol. The highest BCUT2D eigenvalue weighted by Gasteiger charge is 2.51. The fraction of sp³-hybridized carbons (Fsp3) is 0.613. The van der Waals surface area contributed by atoms with E-state index in [1.165, 1.54) is 49.3 Å². The molecule has 2 N–H and O–H groups in total. The zero-order valence-corrected chi connectivity index (χ0v) is 21.9. The summed E-state index contributed by atoms with van der Waals surface area (Å²) in [6, 6.07) is 4.72. The van der Waals surface area contributed by atoms with E-state index in [1.807, 2.05) is 0 Å². The Bertz CT molecular complexity index is 917. The van der Waals surface area contributed by atoms with Crippen molar-refractivity contribution in [2.75, 3.05) is 0 Å². The lowest BCUT2D eigenvalue weighted by molar-refractivity contribution is -0.0361. The number of benzene rings is 1. The molecule has 2 aliphatic rings. The van der Waals surface area contributed by atoms with E-state index in [-0.39, 0.29) is 11.5 Å². The van der Waals surface area contributed by atoms with Gasteiger partial charge in [0.05, 0.1) is 0 Å². The van der Waals surface area contributed by atoms with Crippen LogP contribution < -0.4 is 0 Å². The summed E-state index contributed by atoms with van der Waals surface area (Å²) in [5.74, 6) is 1.94. The smallest absolute Gasteiger partial charge is 0.119 e. The highest BCUT2D eigenvalue weighted by atomic mass is 16.3. The van der Waals surface area contributed by atoms with Gasteiger partial charge in [-0.3, -0.25) is 0 Å². The monoisotopic (exact) mass is 450 g/mol. The van der Waals surface area contributed by atoms with Gasteiger partial charge in [0.2, 0.25) is 0 Å². The number of fused-ring (bicyclic) bond motifs is 1. The van der Waals surface area contributed by atoms with Crippen LogP contribution in [0.4, 0.5) is 0 Å². The van der Waals surface area contributed by atoms with E-state index in [1.54, 1.807) is 17.7 Å². The zero-order valence-electron chi connectivity index (χ0n) is 21.9. The number of phenolic OH excluding ortho intramolecular Hbond substituents is 2. The molecule has 0 heterocycles. The Morgan fingerprint density at radius 3 is 2.45 bits per heavy atom. The van der Waals surface area contributed by atoms with Crippen LogP contribution in [0.2, 0.25) is 0 Å². The largest absolute Gasteiger partial charge is 0.508 e. The number of hydrogen-bond acceptors (Lipinski definition) is 2. The molecule has 0 aromatic heterocycles. The highest BCUT2D eigenvalue weighted by Crippen LogP contribution is 2.60. The number of hydrogen-bond donors (Lipinski definition) is 2. The van der Waals surface area contributed by atoms with Crippen LogP contribution in [0.25, 0.3) is 0 Å². The first-order valence-electron chi connectivity index (χ1n) is 13.0. The maximum atomic E-state index is 9.95. The Hall–Kier alpha value is -1.96. The maximum absolute atomic E-state index is 9.95. The van der Waals surface area contributed by atoms with E-state index in [2.05, 4.69) is 59.8 Å². The Morgan fingerprint density at radius 2 is 1.73 bits per heavy atom. The molecule has 1 aromatic carbocycles. The Kier molecular flexibility index (Phi) is 8.19. The van der Waals surface area contributed by atoms with Gasteiger partial charge in [-0.2, -0.15) is 0 Å². The molecule has 1 saturated carbocycles. The number of rotatable bonds is 8. The van der Waals surface area contributed by atoms with Crippen LogP contribution in [0, 0.1) is 22.7 Å². The summed E-state index contributed by atoms with van der Waals surface area (Å²) in [5.41, 5.74) is 6.15. The van der Waals surface area contributed by atoms with Crippen molar-refractivity contribution in [3.05, 3.63) is 58.7 Å². The fourth-order valence-corrected chi connectivity index (χ4v) is 6.78. The minimum Gasteiger partial charge on any atom is -0.508 e. The van der Waals surface area contributed by atoms with Gasteiger partial charge < -0.3 is 10.2 Å². The van der Waals surface area contributed by atoms with Crippen LogP contribution in [0.15, 0.2) is 53.1 Å². The molecule has 2 heteroatoms. The van der Waals surface area contributed by atoms with E-state index < -0.39 is 0 Å². The third-order valence-corrected chi connectivity index (χ3v) is 8.87. The van der Waals surface area contributed by atoms with Crippen molar-refractivity contribution in [3.63, 3.8) is 0 Å². The van der Waals surface area contributed by atoms with Crippen molar-refractivity contribution in [2.45, 2.75) is 99.3 Å². The molecule has 3 rings (SSSR count). The summed E-state index contributed by atoms with van der Waals surface area (Å²) in [4.78, 5) is 0. The van der Waals surface area contributed by atoms with Crippen molar-refractivity contribution in [3.8, 4) is 11.5 Å². The number of aromatic hydroxyl groups is 2. The van der Waals surface area contributed by atoms with Crippen LogP contribution in [-0.4, -0.2) is 10.2 Å². The van der Waals surface area contributed by atoms with Gasteiger partial charge in [0.25, 0.3) is 0 Å². The van der Waals surface area contributed by atoms with Crippen molar-refractivity contribution >= 4 is 0 Å². The molecule has 1 fully saturated rings. The second kappa shape index (κ2) is 10.5. The third-order valence-electron chi connectivity index (χ3n) is 8.87. The minimum atomic E-state index is 0.203. The molecule has 0 saturated heterocycles. The molecule has 3 unspecified atom stereocenters. The lowest BCUT2D eigenvalue weighted by Crippen LogP contribution is -2.48. The minimum absolute atomic E-state index is 0.203. The predicted octanol–water partition coefficient (Wildman–Crippen LogP) is 8.89.